The van der Waals surface area contributed by atoms with Crippen LogP contribution in [-0.4, -0.2) is 0 Å². The Morgan fingerprint density at radius 3 is 1.50 bits per heavy atom. The summed E-state index contributed by atoms with van der Waals surface area (Å²) in [7, 11) is 0. The van der Waals surface area contributed by atoms with E-state index in [2.05, 4.69) is 224 Å². The first-order chi connectivity index (χ1) is 32.7. The fraction of sp³-hybridized carbons (Fsp3) is 0.0154. The molecule has 0 unspecified atom stereocenters. The Hall–Kier alpha value is -8.52. The van der Waals surface area contributed by atoms with Gasteiger partial charge in [-0.15, -0.1) is 0 Å². The molecule has 0 saturated carbocycles. The summed E-state index contributed by atoms with van der Waals surface area (Å²) in [6.07, 6.45) is 0. The maximum Gasteiger partial charge on any atom is 0.135 e. The fourth-order valence-corrected chi connectivity index (χ4v) is 12.3. The quantitative estimate of drug-likeness (QED) is 0.162. The second kappa shape index (κ2) is 13.3. The summed E-state index contributed by atoms with van der Waals surface area (Å²) in [6, 6.07) is 85.9. The molecule has 0 fully saturated rings. The van der Waals surface area contributed by atoms with Crippen LogP contribution < -0.4 is 0 Å². The zero-order chi connectivity index (χ0) is 43.1. The van der Waals surface area contributed by atoms with Crippen LogP contribution >= 0.6 is 0 Å². The number of rotatable bonds is 3. The number of benzene rings is 12. The number of hydrogen-bond acceptors (Lipinski definition) is 1. The number of fused-ring (bicyclic) bond motifs is 18. The van der Waals surface area contributed by atoms with Crippen LogP contribution in [0.1, 0.15) is 22.3 Å². The lowest BCUT2D eigenvalue weighted by Gasteiger charge is -2.31. The molecule has 15 rings (SSSR count). The van der Waals surface area contributed by atoms with Gasteiger partial charge in [0.1, 0.15) is 11.2 Å². The summed E-state index contributed by atoms with van der Waals surface area (Å²) in [6.45, 7) is 0. The second-order valence-corrected chi connectivity index (χ2v) is 18.2. The van der Waals surface area contributed by atoms with Gasteiger partial charge in [-0.05, 0) is 157 Å². The van der Waals surface area contributed by atoms with Crippen molar-refractivity contribution >= 4 is 65.0 Å². The van der Waals surface area contributed by atoms with E-state index < -0.39 is 5.41 Å². The minimum atomic E-state index is -0.425. The van der Waals surface area contributed by atoms with Crippen LogP contribution in [0, 0.1) is 0 Å². The van der Waals surface area contributed by atoms with Gasteiger partial charge in [0.15, 0.2) is 0 Å². The normalized spacial score (nSPS) is 13.3. The third-order valence-electron chi connectivity index (χ3n) is 15.0. The lowest BCUT2D eigenvalue weighted by atomic mass is 9.69. The Morgan fingerprint density at radius 1 is 0.258 bits per heavy atom. The lowest BCUT2D eigenvalue weighted by molar-refractivity contribution is 0.669. The zero-order valence-corrected chi connectivity index (χ0v) is 35.8. The van der Waals surface area contributed by atoms with E-state index in [4.69, 9.17) is 4.42 Å². The van der Waals surface area contributed by atoms with Gasteiger partial charge in [-0.2, -0.15) is 0 Å². The fourth-order valence-electron chi connectivity index (χ4n) is 12.3. The molecule has 0 aliphatic heterocycles. The average molecular weight is 835 g/mol. The van der Waals surface area contributed by atoms with Gasteiger partial charge >= 0.3 is 0 Å². The molecule has 12 aromatic carbocycles. The summed E-state index contributed by atoms with van der Waals surface area (Å²) in [4.78, 5) is 0. The number of furan rings is 1. The largest absolute Gasteiger partial charge is 0.456 e. The van der Waals surface area contributed by atoms with Crippen LogP contribution in [0.5, 0.6) is 0 Å². The Kier molecular flexibility index (Phi) is 7.21. The van der Waals surface area contributed by atoms with E-state index in [0.29, 0.717) is 0 Å². The molecule has 2 aliphatic carbocycles. The van der Waals surface area contributed by atoms with E-state index in [0.717, 1.165) is 21.9 Å². The molecule has 1 heterocycles. The maximum atomic E-state index is 6.24. The minimum Gasteiger partial charge on any atom is -0.456 e. The third-order valence-corrected chi connectivity index (χ3v) is 15.0. The Morgan fingerprint density at radius 2 is 0.788 bits per heavy atom. The smallest absolute Gasteiger partial charge is 0.135 e. The molecule has 2 aliphatic rings. The van der Waals surface area contributed by atoms with E-state index in [1.807, 2.05) is 6.07 Å². The van der Waals surface area contributed by atoms with Crippen molar-refractivity contribution in [2.75, 3.05) is 0 Å². The third kappa shape index (κ3) is 4.74. The van der Waals surface area contributed by atoms with Crippen molar-refractivity contribution in [2.24, 2.45) is 0 Å². The van der Waals surface area contributed by atoms with Gasteiger partial charge in [-0.25, -0.2) is 0 Å². The Bertz CT molecular complexity index is 4120. The highest BCUT2D eigenvalue weighted by Gasteiger charge is 2.52. The van der Waals surface area contributed by atoms with Crippen molar-refractivity contribution in [1.29, 1.82) is 0 Å². The molecule has 304 valence electrons. The standard InChI is InChI=1S/C65H38O/c1-2-14-46-40(13-1)31-33-54-55-36-43-30-29-42(35-45(43)38-59(55)65(64(46)54)57-22-10-7-15-47(57)48-16-8-11-23-58(48)65)39-25-27-41(28-26-39)62-50-18-3-5-20-52(50)63(53-21-6-4-19-51(53)62)44-32-34-61-56(37-44)49-17-9-12-24-60(49)66-61/h1-38H. The monoisotopic (exact) mass is 834 g/mol. The van der Waals surface area contributed by atoms with E-state index in [1.165, 1.54) is 121 Å². The predicted molar refractivity (Wildman–Crippen MR) is 276 cm³/mol. The second-order valence-electron chi connectivity index (χ2n) is 18.2. The Labute approximate surface area is 381 Å². The highest BCUT2D eigenvalue weighted by atomic mass is 16.3. The van der Waals surface area contributed by atoms with Crippen LogP contribution in [0.2, 0.25) is 0 Å². The Balaban J connectivity index is 0.883. The summed E-state index contributed by atoms with van der Waals surface area (Å²) in [5, 5.41) is 12.4. The molecule has 0 radical (unpaired) electrons. The first-order valence-electron chi connectivity index (χ1n) is 23.0. The molecular formula is C65H38O. The zero-order valence-electron chi connectivity index (χ0n) is 35.8. The van der Waals surface area contributed by atoms with Gasteiger partial charge in [0.05, 0.1) is 5.41 Å². The molecule has 1 spiro atoms. The molecule has 0 bridgehead atoms. The van der Waals surface area contributed by atoms with Gasteiger partial charge in [-0.3, -0.25) is 0 Å². The summed E-state index contributed by atoms with van der Waals surface area (Å²) < 4.78 is 6.24. The van der Waals surface area contributed by atoms with Gasteiger partial charge < -0.3 is 4.42 Å². The summed E-state index contributed by atoms with van der Waals surface area (Å²) in [5.74, 6) is 0. The van der Waals surface area contributed by atoms with Gasteiger partial charge in [0.25, 0.3) is 0 Å². The van der Waals surface area contributed by atoms with Crippen molar-refractivity contribution < 1.29 is 4.42 Å². The average Bonchev–Trinajstić information content (AvgIpc) is 4.00. The molecule has 0 amide bonds. The lowest BCUT2D eigenvalue weighted by Crippen LogP contribution is -2.26. The van der Waals surface area contributed by atoms with Gasteiger partial charge in [-0.1, -0.05) is 194 Å². The van der Waals surface area contributed by atoms with Crippen molar-refractivity contribution in [3.05, 3.63) is 253 Å². The van der Waals surface area contributed by atoms with Crippen LogP contribution in [0.4, 0.5) is 0 Å². The molecule has 0 saturated heterocycles. The first-order valence-corrected chi connectivity index (χ1v) is 23.0. The first kappa shape index (κ1) is 35.9. The molecule has 1 heteroatoms. The van der Waals surface area contributed by atoms with Crippen LogP contribution in [0.15, 0.2) is 235 Å². The van der Waals surface area contributed by atoms with Crippen LogP contribution in [0.25, 0.3) is 121 Å². The highest BCUT2D eigenvalue weighted by Crippen LogP contribution is 2.64. The van der Waals surface area contributed by atoms with Crippen molar-refractivity contribution in [2.45, 2.75) is 5.41 Å². The minimum absolute atomic E-state index is 0.425. The van der Waals surface area contributed by atoms with E-state index in [-0.39, 0.29) is 0 Å². The van der Waals surface area contributed by atoms with E-state index in [9.17, 15) is 0 Å². The van der Waals surface area contributed by atoms with Gasteiger partial charge in [0.2, 0.25) is 0 Å². The topological polar surface area (TPSA) is 13.1 Å². The van der Waals surface area contributed by atoms with E-state index in [1.54, 1.807) is 0 Å². The SMILES string of the molecule is c1ccc2c(c1)-c1ccccc1C21c2cc3cc(-c4ccc(-c5c6ccccc6c(-c6ccc7oc8ccccc8c7c6)c6ccccc56)cc4)ccc3cc2-c2ccc3ccccc3c21. The van der Waals surface area contributed by atoms with Crippen LogP contribution in [-0.2, 0) is 5.41 Å². The van der Waals surface area contributed by atoms with Crippen molar-refractivity contribution in [3.63, 3.8) is 0 Å². The number of hydrogen-bond donors (Lipinski definition) is 0. The maximum absolute atomic E-state index is 6.24. The molecule has 13 aromatic rings. The molecule has 66 heavy (non-hydrogen) atoms. The molecule has 1 aromatic heterocycles. The van der Waals surface area contributed by atoms with Crippen molar-refractivity contribution in [1.82, 2.24) is 0 Å². The predicted octanol–water partition coefficient (Wildman–Crippen LogP) is 17.5. The summed E-state index contributed by atoms with van der Waals surface area (Å²) in [5.41, 5.74) is 19.5. The van der Waals surface area contributed by atoms with Crippen LogP contribution in [0.3, 0.4) is 0 Å². The van der Waals surface area contributed by atoms with E-state index >= 15 is 0 Å². The highest BCUT2D eigenvalue weighted by molar-refractivity contribution is 6.22. The molecule has 0 N–H and O–H groups in total. The van der Waals surface area contributed by atoms with Crippen molar-refractivity contribution in [3.8, 4) is 55.6 Å². The molecular weight excluding hydrogens is 797 g/mol. The molecule has 1 nitrogen and oxygen atoms in total. The number of para-hydroxylation sites is 1. The molecule has 0 atom stereocenters. The summed E-state index contributed by atoms with van der Waals surface area (Å²) >= 11 is 0. The van der Waals surface area contributed by atoms with Gasteiger partial charge in [0, 0.05) is 10.8 Å².